The highest BCUT2D eigenvalue weighted by Gasteiger charge is 2.12. The van der Waals surface area contributed by atoms with E-state index in [1.165, 1.54) is 24.0 Å². The van der Waals surface area contributed by atoms with Crippen LogP contribution < -0.4 is 5.73 Å². The third kappa shape index (κ3) is 2.94. The molecule has 92 valence electrons. The summed E-state index contributed by atoms with van der Waals surface area (Å²) >= 11 is 7.09. The summed E-state index contributed by atoms with van der Waals surface area (Å²) in [4.78, 5) is 16.4. The number of nitrogens with two attached hydrogens (primary N) is 1. The van der Waals surface area contributed by atoms with Gasteiger partial charge in [0.05, 0.1) is 5.56 Å². The van der Waals surface area contributed by atoms with E-state index in [-0.39, 0.29) is 11.4 Å². The fourth-order valence-electron chi connectivity index (χ4n) is 1.34. The summed E-state index contributed by atoms with van der Waals surface area (Å²) in [6, 6.07) is 8.47. The van der Waals surface area contributed by atoms with Crippen LogP contribution in [0.25, 0.3) is 0 Å². The van der Waals surface area contributed by atoms with E-state index in [9.17, 15) is 4.79 Å². The van der Waals surface area contributed by atoms with Crippen molar-refractivity contribution in [3.05, 3.63) is 47.1 Å². The van der Waals surface area contributed by atoms with E-state index < -0.39 is 5.97 Å². The van der Waals surface area contributed by atoms with Crippen LogP contribution in [0.1, 0.15) is 10.4 Å². The molecule has 0 aliphatic heterocycles. The van der Waals surface area contributed by atoms with Gasteiger partial charge in [0.2, 0.25) is 0 Å². The maximum absolute atomic E-state index is 11.1. The van der Waals surface area contributed by atoms with Gasteiger partial charge in [-0.25, -0.2) is 9.78 Å². The van der Waals surface area contributed by atoms with E-state index in [1.54, 1.807) is 12.1 Å². The molecule has 0 radical (unpaired) electrons. The first-order valence-electron chi connectivity index (χ1n) is 4.98. The Morgan fingerprint density at radius 2 is 2.00 bits per heavy atom. The minimum Gasteiger partial charge on any atom is -0.478 e. The van der Waals surface area contributed by atoms with E-state index in [0.29, 0.717) is 9.92 Å². The van der Waals surface area contributed by atoms with Crippen molar-refractivity contribution < 1.29 is 9.90 Å². The van der Waals surface area contributed by atoms with Crippen LogP contribution in [0.15, 0.2) is 46.3 Å². The lowest BCUT2D eigenvalue weighted by Gasteiger charge is -2.06. The molecule has 0 amide bonds. The fraction of sp³-hybridized carbons (Fsp3) is 0. The highest BCUT2D eigenvalue weighted by atomic mass is 35.5. The molecule has 0 unspecified atom stereocenters. The molecule has 0 atom stereocenters. The zero-order chi connectivity index (χ0) is 13.1. The van der Waals surface area contributed by atoms with Crippen LogP contribution in [0.2, 0.25) is 5.02 Å². The SMILES string of the molecule is Nc1cc(C(=O)O)c(Sc2ccc(Cl)cc2)cn1. The molecular weight excluding hydrogens is 272 g/mol. The minimum atomic E-state index is -1.03. The number of benzene rings is 1. The average Bonchev–Trinajstić information content (AvgIpc) is 2.34. The van der Waals surface area contributed by atoms with E-state index in [4.69, 9.17) is 22.4 Å². The minimum absolute atomic E-state index is 0.141. The summed E-state index contributed by atoms with van der Waals surface area (Å²) in [5.74, 6) is -0.839. The maximum atomic E-state index is 11.1. The van der Waals surface area contributed by atoms with Gasteiger partial charge in [0.15, 0.2) is 0 Å². The first-order valence-corrected chi connectivity index (χ1v) is 6.18. The number of hydrogen-bond donors (Lipinski definition) is 2. The largest absolute Gasteiger partial charge is 0.478 e. The molecule has 18 heavy (non-hydrogen) atoms. The molecule has 0 saturated carbocycles. The van der Waals surface area contributed by atoms with Crippen LogP contribution in [0.4, 0.5) is 5.82 Å². The number of aromatic nitrogens is 1. The number of hydrogen-bond acceptors (Lipinski definition) is 4. The van der Waals surface area contributed by atoms with Crippen molar-refractivity contribution in [2.45, 2.75) is 9.79 Å². The van der Waals surface area contributed by atoms with E-state index >= 15 is 0 Å². The highest BCUT2D eigenvalue weighted by Crippen LogP contribution is 2.31. The normalized spacial score (nSPS) is 10.3. The second kappa shape index (κ2) is 5.29. The number of carboxylic acid groups (broad SMARTS) is 1. The molecule has 1 aromatic carbocycles. The zero-order valence-corrected chi connectivity index (χ0v) is 10.7. The second-order valence-electron chi connectivity index (χ2n) is 3.47. The van der Waals surface area contributed by atoms with Crippen LogP contribution in [0, 0.1) is 0 Å². The molecule has 0 spiro atoms. The Morgan fingerprint density at radius 1 is 1.33 bits per heavy atom. The Hall–Kier alpha value is -1.72. The van der Waals surface area contributed by atoms with Gasteiger partial charge in [-0.2, -0.15) is 0 Å². The Morgan fingerprint density at radius 3 is 2.61 bits per heavy atom. The van der Waals surface area contributed by atoms with Gasteiger partial charge in [0.25, 0.3) is 0 Å². The third-order valence-electron chi connectivity index (χ3n) is 2.16. The molecule has 3 N–H and O–H groups in total. The van der Waals surface area contributed by atoms with Crippen molar-refractivity contribution in [1.82, 2.24) is 4.98 Å². The number of carbonyl (C=O) groups is 1. The van der Waals surface area contributed by atoms with E-state index in [2.05, 4.69) is 4.98 Å². The Balaban J connectivity index is 2.34. The van der Waals surface area contributed by atoms with Gasteiger partial charge in [0.1, 0.15) is 5.82 Å². The first kappa shape index (κ1) is 12.7. The lowest BCUT2D eigenvalue weighted by atomic mass is 10.2. The highest BCUT2D eigenvalue weighted by molar-refractivity contribution is 7.99. The number of halogens is 1. The summed E-state index contributed by atoms with van der Waals surface area (Å²) in [6.07, 6.45) is 1.46. The van der Waals surface area contributed by atoms with Gasteiger partial charge in [-0.1, -0.05) is 23.4 Å². The molecule has 0 bridgehead atoms. The van der Waals surface area contributed by atoms with Gasteiger partial charge in [0, 0.05) is 21.0 Å². The summed E-state index contributed by atoms with van der Waals surface area (Å²) in [5, 5.41) is 9.73. The smallest absolute Gasteiger partial charge is 0.337 e. The Bertz CT molecular complexity index is 587. The number of anilines is 1. The molecule has 2 aromatic rings. The summed E-state index contributed by atoms with van der Waals surface area (Å²) in [5.41, 5.74) is 5.62. The molecule has 2 rings (SSSR count). The fourth-order valence-corrected chi connectivity index (χ4v) is 2.35. The summed E-state index contributed by atoms with van der Waals surface area (Å²) < 4.78 is 0. The number of nitrogens with zero attached hydrogens (tertiary/aromatic N) is 1. The number of carboxylic acids is 1. The Kier molecular flexibility index (Phi) is 3.74. The van der Waals surface area contributed by atoms with Gasteiger partial charge < -0.3 is 10.8 Å². The lowest BCUT2D eigenvalue weighted by Crippen LogP contribution is -2.02. The monoisotopic (exact) mass is 280 g/mol. The number of rotatable bonds is 3. The first-order chi connectivity index (χ1) is 8.56. The number of pyridine rings is 1. The van der Waals surface area contributed by atoms with Crippen LogP contribution in [0.5, 0.6) is 0 Å². The van der Waals surface area contributed by atoms with Crippen molar-refractivity contribution in [1.29, 1.82) is 0 Å². The molecular formula is C12H9ClN2O2S. The number of aromatic carboxylic acids is 1. The van der Waals surface area contributed by atoms with Gasteiger partial charge in [-0.15, -0.1) is 0 Å². The standard InChI is InChI=1S/C12H9ClN2O2S/c13-7-1-3-8(4-2-7)18-10-6-15-11(14)5-9(10)12(16)17/h1-6H,(H2,14,15)(H,16,17). The predicted octanol–water partition coefficient (Wildman–Crippen LogP) is 3.17. The molecule has 0 aliphatic rings. The third-order valence-corrected chi connectivity index (χ3v) is 3.47. The summed E-state index contributed by atoms with van der Waals surface area (Å²) in [7, 11) is 0. The Labute approximate surface area is 113 Å². The quantitative estimate of drug-likeness (QED) is 0.903. The van der Waals surface area contributed by atoms with Crippen LogP contribution in [0.3, 0.4) is 0 Å². The molecule has 0 fully saturated rings. The number of nitrogen functional groups attached to an aromatic ring is 1. The van der Waals surface area contributed by atoms with Crippen molar-refractivity contribution in [2.75, 3.05) is 5.73 Å². The molecule has 0 aliphatic carbocycles. The topological polar surface area (TPSA) is 76.2 Å². The molecule has 1 heterocycles. The maximum Gasteiger partial charge on any atom is 0.337 e. The van der Waals surface area contributed by atoms with Crippen molar-refractivity contribution in [3.8, 4) is 0 Å². The van der Waals surface area contributed by atoms with Crippen molar-refractivity contribution >= 4 is 35.1 Å². The molecule has 1 aromatic heterocycles. The van der Waals surface area contributed by atoms with Gasteiger partial charge in [-0.3, -0.25) is 0 Å². The molecule has 6 heteroatoms. The van der Waals surface area contributed by atoms with Crippen LogP contribution in [-0.2, 0) is 0 Å². The zero-order valence-electron chi connectivity index (χ0n) is 9.13. The average molecular weight is 281 g/mol. The van der Waals surface area contributed by atoms with Crippen molar-refractivity contribution in [3.63, 3.8) is 0 Å². The van der Waals surface area contributed by atoms with E-state index in [0.717, 1.165) is 4.90 Å². The van der Waals surface area contributed by atoms with E-state index in [1.807, 2.05) is 12.1 Å². The molecule has 0 saturated heterocycles. The molecule has 4 nitrogen and oxygen atoms in total. The summed E-state index contributed by atoms with van der Waals surface area (Å²) in [6.45, 7) is 0. The van der Waals surface area contributed by atoms with Gasteiger partial charge >= 0.3 is 5.97 Å². The van der Waals surface area contributed by atoms with Crippen molar-refractivity contribution in [2.24, 2.45) is 0 Å². The van der Waals surface area contributed by atoms with Crippen LogP contribution >= 0.6 is 23.4 Å². The predicted molar refractivity (Wildman–Crippen MR) is 71.2 cm³/mol. The van der Waals surface area contributed by atoms with Gasteiger partial charge in [-0.05, 0) is 30.3 Å². The second-order valence-corrected chi connectivity index (χ2v) is 5.02. The lowest BCUT2D eigenvalue weighted by molar-refractivity contribution is 0.0693. The van der Waals surface area contributed by atoms with Crippen LogP contribution in [-0.4, -0.2) is 16.1 Å².